The Morgan fingerprint density at radius 2 is 1.65 bits per heavy atom. The molecule has 0 saturated carbocycles. The number of benzene rings is 3. The Balaban J connectivity index is 1.50. The molecule has 31 heavy (non-hydrogen) atoms. The van der Waals surface area contributed by atoms with Crippen molar-refractivity contribution >= 4 is 39.4 Å². The number of nitrogens with zero attached hydrogens (tertiary/aromatic N) is 1. The van der Waals surface area contributed by atoms with E-state index in [1.54, 1.807) is 48.5 Å². The second kappa shape index (κ2) is 7.70. The van der Waals surface area contributed by atoms with Crippen LogP contribution < -0.4 is 10.4 Å². The van der Waals surface area contributed by atoms with Crippen molar-refractivity contribution in [2.24, 2.45) is 0 Å². The summed E-state index contributed by atoms with van der Waals surface area (Å²) in [6, 6.07) is 24.6. The molecule has 0 spiro atoms. The van der Waals surface area contributed by atoms with E-state index in [1.807, 2.05) is 30.3 Å². The lowest BCUT2D eigenvalue weighted by molar-refractivity contribution is 0.0735. The van der Waals surface area contributed by atoms with E-state index in [0.717, 1.165) is 10.9 Å². The molecule has 0 bridgehead atoms. The number of rotatable bonds is 3. The van der Waals surface area contributed by atoms with Crippen molar-refractivity contribution in [2.45, 2.75) is 0 Å². The molecule has 0 saturated heterocycles. The van der Waals surface area contributed by atoms with Crippen molar-refractivity contribution in [3.8, 4) is 17.0 Å². The molecule has 6 heteroatoms. The van der Waals surface area contributed by atoms with Crippen LogP contribution in [0, 0.1) is 0 Å². The topological polar surface area (TPSA) is 69.4 Å². The van der Waals surface area contributed by atoms with Gasteiger partial charge in [-0.2, -0.15) is 0 Å². The lowest BCUT2D eigenvalue weighted by Gasteiger charge is -2.07. The molecule has 0 unspecified atom stereocenters. The van der Waals surface area contributed by atoms with Gasteiger partial charge in [-0.15, -0.1) is 0 Å². The van der Waals surface area contributed by atoms with Crippen LogP contribution in [0.25, 0.3) is 33.1 Å². The number of hydrogen-bond acceptors (Lipinski definition) is 5. The molecule has 0 aliphatic carbocycles. The largest absolute Gasteiger partial charge is 0.423 e. The maximum Gasteiger partial charge on any atom is 0.345 e. The number of hydrogen-bond donors (Lipinski definition) is 0. The zero-order valence-corrected chi connectivity index (χ0v) is 16.8. The molecular formula is C25H14ClNO4. The van der Waals surface area contributed by atoms with Crippen LogP contribution in [0.4, 0.5) is 0 Å². The number of ether oxygens (including phenoxy) is 1. The Bertz CT molecular complexity index is 1520. The van der Waals surface area contributed by atoms with Crippen molar-refractivity contribution in [3.63, 3.8) is 0 Å². The molecule has 3 aromatic carbocycles. The third-order valence-corrected chi connectivity index (χ3v) is 5.22. The van der Waals surface area contributed by atoms with Gasteiger partial charge in [0.2, 0.25) is 0 Å². The molecule has 2 heterocycles. The van der Waals surface area contributed by atoms with Crippen molar-refractivity contribution < 1.29 is 13.9 Å². The summed E-state index contributed by atoms with van der Waals surface area (Å²) in [5.41, 5.74) is 1.72. The summed E-state index contributed by atoms with van der Waals surface area (Å²) in [5.74, 6) is -0.346. The zero-order valence-electron chi connectivity index (χ0n) is 16.0. The highest BCUT2D eigenvalue weighted by molar-refractivity contribution is 6.33. The van der Waals surface area contributed by atoms with E-state index in [1.165, 1.54) is 6.07 Å². The first-order valence-corrected chi connectivity index (χ1v) is 9.87. The molecule has 150 valence electrons. The van der Waals surface area contributed by atoms with Gasteiger partial charge < -0.3 is 9.15 Å². The number of aromatic nitrogens is 1. The predicted molar refractivity (Wildman–Crippen MR) is 120 cm³/mol. The Morgan fingerprint density at radius 3 is 2.52 bits per heavy atom. The smallest absolute Gasteiger partial charge is 0.345 e. The Kier molecular flexibility index (Phi) is 4.73. The Hall–Kier alpha value is -3.96. The summed E-state index contributed by atoms with van der Waals surface area (Å²) in [6.07, 6.45) is 0. The highest BCUT2D eigenvalue weighted by Crippen LogP contribution is 2.26. The SMILES string of the molecule is O=C(Oc1ccc2cc(-c3ccc4ccccc4n3)c(=O)oc2c1)c1ccccc1Cl. The molecule has 5 nitrogen and oxygen atoms in total. The zero-order chi connectivity index (χ0) is 21.4. The Labute approximate surface area is 181 Å². The van der Waals surface area contributed by atoms with E-state index in [9.17, 15) is 9.59 Å². The highest BCUT2D eigenvalue weighted by Gasteiger charge is 2.14. The fourth-order valence-corrected chi connectivity index (χ4v) is 3.55. The summed E-state index contributed by atoms with van der Waals surface area (Å²) in [5, 5.41) is 1.97. The van der Waals surface area contributed by atoms with E-state index in [-0.39, 0.29) is 11.3 Å². The average Bonchev–Trinajstić information content (AvgIpc) is 2.78. The fraction of sp³-hybridized carbons (Fsp3) is 0. The maximum atomic E-state index is 12.6. The van der Waals surface area contributed by atoms with Crippen LogP contribution in [0.3, 0.4) is 0 Å². The van der Waals surface area contributed by atoms with Gasteiger partial charge in [0.25, 0.3) is 0 Å². The number of carbonyl (C=O) groups excluding carboxylic acids is 1. The molecule has 0 aliphatic heterocycles. The number of esters is 1. The van der Waals surface area contributed by atoms with E-state index in [2.05, 4.69) is 4.98 Å². The van der Waals surface area contributed by atoms with Crippen molar-refractivity contribution in [1.29, 1.82) is 0 Å². The number of carbonyl (C=O) groups is 1. The lowest BCUT2D eigenvalue weighted by Crippen LogP contribution is -2.09. The minimum absolute atomic E-state index is 0.247. The summed E-state index contributed by atoms with van der Waals surface area (Å²) in [6.45, 7) is 0. The van der Waals surface area contributed by atoms with Gasteiger partial charge in [-0.3, -0.25) is 0 Å². The summed E-state index contributed by atoms with van der Waals surface area (Å²) >= 11 is 6.05. The van der Waals surface area contributed by atoms with Gasteiger partial charge in [-0.1, -0.05) is 48.0 Å². The van der Waals surface area contributed by atoms with E-state index >= 15 is 0 Å². The van der Waals surface area contributed by atoms with Gasteiger partial charge in [0, 0.05) is 16.8 Å². The van der Waals surface area contributed by atoms with E-state index in [4.69, 9.17) is 20.8 Å². The number of pyridine rings is 1. The summed E-state index contributed by atoms with van der Waals surface area (Å²) in [7, 11) is 0. The second-order valence-electron chi connectivity index (χ2n) is 6.91. The molecule has 0 aliphatic rings. The number of para-hydroxylation sites is 1. The second-order valence-corrected chi connectivity index (χ2v) is 7.31. The van der Waals surface area contributed by atoms with Crippen molar-refractivity contribution in [2.75, 3.05) is 0 Å². The van der Waals surface area contributed by atoms with Crippen LogP contribution in [-0.4, -0.2) is 11.0 Å². The maximum absolute atomic E-state index is 12.6. The fourth-order valence-electron chi connectivity index (χ4n) is 3.34. The van der Waals surface area contributed by atoms with Gasteiger partial charge in [0.05, 0.1) is 27.4 Å². The molecule has 0 atom stereocenters. The average molecular weight is 428 g/mol. The summed E-state index contributed by atoms with van der Waals surface area (Å²) < 4.78 is 10.9. The predicted octanol–water partition coefficient (Wildman–Crippen LogP) is 5.88. The minimum Gasteiger partial charge on any atom is -0.423 e. The molecule has 0 N–H and O–H groups in total. The van der Waals surface area contributed by atoms with Crippen LogP contribution >= 0.6 is 11.6 Å². The normalized spacial score (nSPS) is 11.0. The first-order chi connectivity index (χ1) is 15.1. The molecule has 2 aromatic heterocycles. The van der Waals surface area contributed by atoms with Gasteiger partial charge >= 0.3 is 11.6 Å². The van der Waals surface area contributed by atoms with Gasteiger partial charge in [-0.05, 0) is 42.5 Å². The first kappa shape index (κ1) is 19.0. The van der Waals surface area contributed by atoms with Crippen LogP contribution in [0.1, 0.15) is 10.4 Å². The van der Waals surface area contributed by atoms with Crippen LogP contribution in [-0.2, 0) is 0 Å². The third-order valence-electron chi connectivity index (χ3n) is 4.89. The van der Waals surface area contributed by atoms with E-state index in [0.29, 0.717) is 27.2 Å². The van der Waals surface area contributed by atoms with Gasteiger partial charge in [0.15, 0.2) is 0 Å². The molecule has 0 fully saturated rings. The van der Waals surface area contributed by atoms with Gasteiger partial charge in [-0.25, -0.2) is 14.6 Å². The van der Waals surface area contributed by atoms with Crippen LogP contribution in [0.15, 0.2) is 94.1 Å². The molecular weight excluding hydrogens is 414 g/mol. The first-order valence-electron chi connectivity index (χ1n) is 9.49. The molecule has 5 rings (SSSR count). The lowest BCUT2D eigenvalue weighted by atomic mass is 10.1. The molecule has 0 amide bonds. The number of halogens is 1. The standard InChI is InChI=1S/C25H14ClNO4/c26-20-7-3-2-6-18(20)24(28)30-17-11-9-16-13-19(25(29)31-23(16)14-17)22-12-10-15-5-1-4-8-21(15)27-22/h1-14H. The monoisotopic (exact) mass is 427 g/mol. The molecule has 0 radical (unpaired) electrons. The Morgan fingerprint density at radius 1 is 0.871 bits per heavy atom. The minimum atomic E-state index is -0.593. The highest BCUT2D eigenvalue weighted by atomic mass is 35.5. The summed E-state index contributed by atoms with van der Waals surface area (Å²) in [4.78, 5) is 29.6. The number of fused-ring (bicyclic) bond motifs is 2. The third kappa shape index (κ3) is 3.67. The van der Waals surface area contributed by atoms with Crippen LogP contribution in [0.5, 0.6) is 5.75 Å². The quantitative estimate of drug-likeness (QED) is 0.204. The van der Waals surface area contributed by atoms with Crippen molar-refractivity contribution in [1.82, 2.24) is 4.98 Å². The van der Waals surface area contributed by atoms with Crippen molar-refractivity contribution in [3.05, 3.63) is 106 Å². The van der Waals surface area contributed by atoms with E-state index < -0.39 is 11.6 Å². The van der Waals surface area contributed by atoms with Gasteiger partial charge in [0.1, 0.15) is 11.3 Å². The molecule has 5 aromatic rings. The van der Waals surface area contributed by atoms with Crippen LogP contribution in [0.2, 0.25) is 5.02 Å².